The van der Waals surface area contributed by atoms with Crippen molar-refractivity contribution in [2.75, 3.05) is 6.61 Å². The minimum Gasteiger partial charge on any atom is -0.451 e. The van der Waals surface area contributed by atoms with E-state index in [0.29, 0.717) is 19.3 Å². The highest BCUT2D eigenvalue weighted by atomic mass is 16.6. The van der Waals surface area contributed by atoms with Crippen LogP contribution < -0.4 is 0 Å². The smallest absolute Gasteiger partial charge is 0.303 e. The first-order chi connectivity index (χ1) is 13.6. The molecule has 4 aliphatic rings. The van der Waals surface area contributed by atoms with Crippen molar-refractivity contribution in [2.24, 2.45) is 28.6 Å². The third-order valence-electron chi connectivity index (χ3n) is 8.53. The summed E-state index contributed by atoms with van der Waals surface area (Å²) in [6, 6.07) is 0. The first-order valence-corrected chi connectivity index (χ1v) is 10.5. The van der Waals surface area contributed by atoms with E-state index in [-0.39, 0.29) is 29.0 Å². The number of ether oxygens (including phenoxy) is 1. The molecular weight excluding hydrogens is 372 g/mol. The summed E-state index contributed by atoms with van der Waals surface area (Å²) in [7, 11) is 0. The molecule has 0 heterocycles. The van der Waals surface area contributed by atoms with E-state index >= 15 is 0 Å². The van der Waals surface area contributed by atoms with Gasteiger partial charge in [-0.15, -0.1) is 0 Å². The second kappa shape index (κ2) is 6.61. The molecule has 6 nitrogen and oxygen atoms in total. The number of Topliss-reactive ketones (excluding diaryl/α,β-unsaturated/α-hetero) is 1. The summed E-state index contributed by atoms with van der Waals surface area (Å²) in [5.41, 5.74) is -1.43. The van der Waals surface area contributed by atoms with Crippen LogP contribution in [0, 0.1) is 28.6 Å². The van der Waals surface area contributed by atoms with Crippen LogP contribution in [-0.2, 0) is 19.1 Å². The lowest BCUT2D eigenvalue weighted by Crippen LogP contribution is -2.62. The fourth-order valence-electron chi connectivity index (χ4n) is 7.37. The van der Waals surface area contributed by atoms with Crippen LogP contribution in [0.25, 0.3) is 0 Å². The number of fused-ring (bicyclic) bond motifs is 5. The summed E-state index contributed by atoms with van der Waals surface area (Å²) in [5, 5.41) is 21.0. The number of hydrogen-bond acceptors (Lipinski definition) is 6. The maximum atomic E-state index is 12.9. The zero-order chi connectivity index (χ0) is 21.2. The second-order valence-corrected chi connectivity index (χ2v) is 9.75. The van der Waals surface area contributed by atoms with E-state index in [1.54, 1.807) is 12.2 Å². The number of rotatable bonds is 3. The first kappa shape index (κ1) is 20.5. The van der Waals surface area contributed by atoms with E-state index in [2.05, 4.69) is 6.92 Å². The molecule has 0 unspecified atom stereocenters. The van der Waals surface area contributed by atoms with Gasteiger partial charge in [-0.05, 0) is 56.1 Å². The average Bonchev–Trinajstić information content (AvgIpc) is 2.93. The lowest BCUT2D eigenvalue weighted by atomic mass is 9.46. The molecule has 7 atom stereocenters. The molecule has 0 amide bonds. The van der Waals surface area contributed by atoms with Crippen LogP contribution in [0.15, 0.2) is 23.8 Å². The molecule has 0 aromatic heterocycles. The van der Waals surface area contributed by atoms with Gasteiger partial charge in [-0.2, -0.15) is 0 Å². The SMILES string of the molecule is CC(=O)O[C@]1(C(=O)CO)CC[C@@H]2[C@H]3CCC4=CC(=O)C=C[C@@]4(C)[C@@H]3[C@@H](O)C[C@@]21C. The van der Waals surface area contributed by atoms with Crippen LogP contribution >= 0.6 is 0 Å². The van der Waals surface area contributed by atoms with E-state index in [1.165, 1.54) is 6.92 Å². The minimum atomic E-state index is -1.39. The van der Waals surface area contributed by atoms with Crippen molar-refractivity contribution in [3.8, 4) is 0 Å². The van der Waals surface area contributed by atoms with E-state index in [0.717, 1.165) is 18.4 Å². The van der Waals surface area contributed by atoms with E-state index in [1.807, 2.05) is 13.0 Å². The van der Waals surface area contributed by atoms with Gasteiger partial charge in [0.25, 0.3) is 0 Å². The normalized spacial score (nSPS) is 45.7. The van der Waals surface area contributed by atoms with Gasteiger partial charge in [-0.25, -0.2) is 0 Å². The molecule has 6 heteroatoms. The molecule has 2 N–H and O–H groups in total. The summed E-state index contributed by atoms with van der Waals surface area (Å²) in [4.78, 5) is 36.7. The lowest BCUT2D eigenvalue weighted by molar-refractivity contribution is -0.198. The van der Waals surface area contributed by atoms with Gasteiger partial charge in [0.05, 0.1) is 6.10 Å². The Bertz CT molecular complexity index is 827. The zero-order valence-corrected chi connectivity index (χ0v) is 17.3. The molecule has 0 radical (unpaired) electrons. The first-order valence-electron chi connectivity index (χ1n) is 10.5. The highest BCUT2D eigenvalue weighted by molar-refractivity contribution is 6.01. The van der Waals surface area contributed by atoms with E-state index in [4.69, 9.17) is 4.74 Å². The van der Waals surface area contributed by atoms with Crippen molar-refractivity contribution >= 4 is 17.5 Å². The molecular formula is C23H30O6. The lowest BCUT2D eigenvalue weighted by Gasteiger charge is -2.59. The van der Waals surface area contributed by atoms with E-state index in [9.17, 15) is 24.6 Å². The van der Waals surface area contributed by atoms with Crippen LogP contribution in [0.5, 0.6) is 0 Å². The second-order valence-electron chi connectivity index (χ2n) is 9.75. The Morgan fingerprint density at radius 2 is 2.00 bits per heavy atom. The number of aliphatic hydroxyl groups excluding tert-OH is 2. The predicted octanol–water partition coefficient (Wildman–Crippen LogP) is 2.13. The number of esters is 1. The standard InChI is InChI=1S/C23H30O6/c1-13(25)29-23(19(28)12-24)9-7-17-16-5-4-14-10-15(26)6-8-21(14,2)20(16)18(27)11-22(17,23)3/h6,8,10,16-18,20,24,27H,4-5,7,9,11-12H2,1-3H3/t16-,17-,18+,20+,21-,22+,23+/m1/s1. The van der Waals surface area contributed by atoms with E-state index < -0.39 is 35.5 Å². The van der Waals surface area contributed by atoms with Gasteiger partial charge in [0.1, 0.15) is 6.61 Å². The fourth-order valence-corrected chi connectivity index (χ4v) is 7.37. The number of hydrogen-bond donors (Lipinski definition) is 2. The van der Waals surface area contributed by atoms with Crippen LogP contribution in [-0.4, -0.2) is 46.1 Å². The molecule has 0 aliphatic heterocycles. The van der Waals surface area contributed by atoms with Crippen LogP contribution in [0.2, 0.25) is 0 Å². The average molecular weight is 402 g/mol. The third-order valence-corrected chi connectivity index (χ3v) is 8.53. The maximum Gasteiger partial charge on any atom is 0.303 e. The summed E-state index contributed by atoms with van der Waals surface area (Å²) in [6.45, 7) is 4.63. The molecule has 0 aromatic carbocycles. The zero-order valence-electron chi connectivity index (χ0n) is 17.3. The van der Waals surface area contributed by atoms with Crippen LogP contribution in [0.4, 0.5) is 0 Å². The highest BCUT2D eigenvalue weighted by Gasteiger charge is 2.70. The number of carbonyl (C=O) groups is 3. The molecule has 0 spiro atoms. The minimum absolute atomic E-state index is 0.00523. The highest BCUT2D eigenvalue weighted by Crippen LogP contribution is 2.67. The van der Waals surface area contributed by atoms with Gasteiger partial charge in [0, 0.05) is 23.7 Å². The topological polar surface area (TPSA) is 101 Å². The molecule has 3 saturated carbocycles. The van der Waals surface area contributed by atoms with Crippen molar-refractivity contribution in [1.82, 2.24) is 0 Å². The quantitative estimate of drug-likeness (QED) is 0.702. The van der Waals surface area contributed by atoms with Gasteiger partial charge in [-0.3, -0.25) is 14.4 Å². The molecule has 4 rings (SSSR count). The number of ketones is 2. The van der Waals surface area contributed by atoms with Crippen molar-refractivity contribution in [2.45, 2.75) is 64.6 Å². The molecule has 0 bridgehead atoms. The van der Waals surface area contributed by atoms with Gasteiger partial charge in [0.2, 0.25) is 5.78 Å². The number of aliphatic hydroxyl groups is 2. The van der Waals surface area contributed by atoms with Crippen molar-refractivity contribution in [3.05, 3.63) is 23.8 Å². The molecule has 3 fully saturated rings. The largest absolute Gasteiger partial charge is 0.451 e. The third kappa shape index (κ3) is 2.65. The number of allylic oxidation sites excluding steroid dienone is 4. The molecule has 0 saturated heterocycles. The Kier molecular flexibility index (Phi) is 4.67. The Morgan fingerprint density at radius 3 is 2.66 bits per heavy atom. The molecule has 4 aliphatic carbocycles. The van der Waals surface area contributed by atoms with Crippen molar-refractivity contribution in [3.63, 3.8) is 0 Å². The summed E-state index contributed by atoms with van der Waals surface area (Å²) >= 11 is 0. The summed E-state index contributed by atoms with van der Waals surface area (Å²) in [5.74, 6) is -0.839. The van der Waals surface area contributed by atoms with Crippen LogP contribution in [0.3, 0.4) is 0 Å². The number of carbonyl (C=O) groups excluding carboxylic acids is 3. The molecule has 29 heavy (non-hydrogen) atoms. The molecule has 158 valence electrons. The van der Waals surface area contributed by atoms with Gasteiger partial charge in [-0.1, -0.05) is 25.5 Å². The predicted molar refractivity (Wildman–Crippen MR) is 105 cm³/mol. The van der Waals surface area contributed by atoms with Gasteiger partial charge < -0.3 is 14.9 Å². The Labute approximate surface area is 171 Å². The Balaban J connectivity index is 1.77. The monoisotopic (exact) mass is 402 g/mol. The summed E-state index contributed by atoms with van der Waals surface area (Å²) in [6.07, 6.45) is 7.56. The Hall–Kier alpha value is -1.79. The fraction of sp³-hybridized carbons (Fsp3) is 0.696. The van der Waals surface area contributed by atoms with Gasteiger partial charge in [0.15, 0.2) is 11.4 Å². The van der Waals surface area contributed by atoms with Crippen molar-refractivity contribution in [1.29, 1.82) is 0 Å². The Morgan fingerprint density at radius 1 is 1.28 bits per heavy atom. The molecule has 0 aromatic rings. The maximum absolute atomic E-state index is 12.9. The summed E-state index contributed by atoms with van der Waals surface area (Å²) < 4.78 is 5.67. The van der Waals surface area contributed by atoms with Crippen LogP contribution in [0.1, 0.15) is 52.9 Å². The van der Waals surface area contributed by atoms with Crippen molar-refractivity contribution < 1.29 is 29.3 Å². The van der Waals surface area contributed by atoms with Gasteiger partial charge >= 0.3 is 5.97 Å².